The second-order valence-corrected chi connectivity index (χ2v) is 7.48. The zero-order chi connectivity index (χ0) is 21.7. The third-order valence-corrected chi connectivity index (χ3v) is 4.95. The molecule has 0 radical (unpaired) electrons. The first-order valence-corrected chi connectivity index (χ1v) is 9.88. The summed E-state index contributed by atoms with van der Waals surface area (Å²) in [5.74, 6) is -1.24. The SMILES string of the molecule is Cc1c(C(=O)NCc2ccc(C(=O)NCC(N)=O)cc2)cnn1-c1ccc(Br)cc1. The van der Waals surface area contributed by atoms with Gasteiger partial charge < -0.3 is 16.4 Å². The fourth-order valence-corrected chi connectivity index (χ4v) is 3.06. The molecule has 0 aliphatic carbocycles. The van der Waals surface area contributed by atoms with Gasteiger partial charge in [-0.15, -0.1) is 0 Å². The maximum absolute atomic E-state index is 12.6. The number of rotatable bonds is 7. The molecule has 1 aromatic heterocycles. The van der Waals surface area contributed by atoms with Crippen LogP contribution in [-0.2, 0) is 11.3 Å². The number of halogens is 1. The van der Waals surface area contributed by atoms with Crippen LogP contribution in [0.15, 0.2) is 59.2 Å². The van der Waals surface area contributed by atoms with Gasteiger partial charge in [-0.1, -0.05) is 28.1 Å². The summed E-state index contributed by atoms with van der Waals surface area (Å²) in [4.78, 5) is 35.2. The highest BCUT2D eigenvalue weighted by molar-refractivity contribution is 9.10. The lowest BCUT2D eigenvalue weighted by Gasteiger charge is -2.08. The van der Waals surface area contributed by atoms with E-state index in [-0.39, 0.29) is 18.4 Å². The minimum atomic E-state index is -0.610. The first-order valence-electron chi connectivity index (χ1n) is 9.09. The Kier molecular flexibility index (Phi) is 6.63. The van der Waals surface area contributed by atoms with E-state index in [0.717, 1.165) is 21.4 Å². The van der Waals surface area contributed by atoms with E-state index in [9.17, 15) is 14.4 Å². The quantitative estimate of drug-likeness (QED) is 0.490. The summed E-state index contributed by atoms with van der Waals surface area (Å²) in [7, 11) is 0. The fourth-order valence-electron chi connectivity index (χ4n) is 2.80. The summed E-state index contributed by atoms with van der Waals surface area (Å²) in [6, 6.07) is 14.3. The zero-order valence-corrected chi connectivity index (χ0v) is 17.8. The van der Waals surface area contributed by atoms with Gasteiger partial charge in [-0.2, -0.15) is 5.10 Å². The number of hydrogen-bond acceptors (Lipinski definition) is 4. The molecule has 2 aromatic carbocycles. The Balaban J connectivity index is 1.61. The van der Waals surface area contributed by atoms with Crippen molar-refractivity contribution in [3.05, 3.63) is 81.6 Å². The summed E-state index contributed by atoms with van der Waals surface area (Å²) in [5, 5.41) is 9.59. The molecule has 0 bridgehead atoms. The number of amides is 3. The summed E-state index contributed by atoms with van der Waals surface area (Å²) < 4.78 is 2.67. The maximum atomic E-state index is 12.6. The Morgan fingerprint density at radius 2 is 1.67 bits per heavy atom. The molecular weight excluding hydrogens is 450 g/mol. The molecule has 154 valence electrons. The van der Waals surface area contributed by atoms with Crippen molar-refractivity contribution in [3.8, 4) is 5.69 Å². The number of nitrogens with zero attached hydrogens (tertiary/aromatic N) is 2. The smallest absolute Gasteiger partial charge is 0.255 e. The summed E-state index contributed by atoms with van der Waals surface area (Å²) in [6.07, 6.45) is 1.54. The van der Waals surface area contributed by atoms with E-state index in [1.54, 1.807) is 35.1 Å². The van der Waals surface area contributed by atoms with Gasteiger partial charge >= 0.3 is 0 Å². The van der Waals surface area contributed by atoms with Crippen molar-refractivity contribution in [1.29, 1.82) is 0 Å². The number of nitrogens with two attached hydrogens (primary N) is 1. The molecule has 0 saturated carbocycles. The van der Waals surface area contributed by atoms with Crippen LogP contribution in [0.5, 0.6) is 0 Å². The molecule has 1 heterocycles. The van der Waals surface area contributed by atoms with Crippen LogP contribution in [0.2, 0.25) is 0 Å². The second kappa shape index (κ2) is 9.36. The molecule has 0 saturated heterocycles. The van der Waals surface area contributed by atoms with E-state index in [4.69, 9.17) is 5.73 Å². The van der Waals surface area contributed by atoms with Crippen molar-refractivity contribution in [2.45, 2.75) is 13.5 Å². The molecular formula is C21H20BrN5O3. The Morgan fingerprint density at radius 3 is 2.30 bits per heavy atom. The number of carbonyl (C=O) groups excluding carboxylic acids is 3. The molecule has 8 nitrogen and oxygen atoms in total. The van der Waals surface area contributed by atoms with Gasteiger partial charge in [0.05, 0.1) is 29.7 Å². The molecule has 0 spiro atoms. The standard InChI is InChI=1S/C21H20BrN5O3/c1-13-18(11-26-27(13)17-8-6-16(22)7-9-17)21(30)24-10-14-2-4-15(5-3-14)20(29)25-12-19(23)28/h2-9,11H,10,12H2,1H3,(H2,23,28)(H,24,30)(H,25,29). The van der Waals surface area contributed by atoms with E-state index < -0.39 is 5.91 Å². The van der Waals surface area contributed by atoms with E-state index >= 15 is 0 Å². The third-order valence-electron chi connectivity index (χ3n) is 4.42. The third kappa shape index (κ3) is 5.12. The average molecular weight is 470 g/mol. The topological polar surface area (TPSA) is 119 Å². The second-order valence-electron chi connectivity index (χ2n) is 6.56. The lowest BCUT2D eigenvalue weighted by Crippen LogP contribution is -2.33. The first-order chi connectivity index (χ1) is 14.3. The van der Waals surface area contributed by atoms with Gasteiger partial charge in [0.1, 0.15) is 0 Å². The summed E-state index contributed by atoms with van der Waals surface area (Å²) in [5.41, 5.74) is 8.32. The van der Waals surface area contributed by atoms with Crippen LogP contribution in [0.1, 0.15) is 32.0 Å². The molecule has 0 aliphatic heterocycles. The van der Waals surface area contributed by atoms with Gasteiger partial charge in [0.15, 0.2) is 0 Å². The van der Waals surface area contributed by atoms with Crippen molar-refractivity contribution >= 4 is 33.7 Å². The lowest BCUT2D eigenvalue weighted by atomic mass is 10.1. The van der Waals surface area contributed by atoms with Crippen molar-refractivity contribution < 1.29 is 14.4 Å². The van der Waals surface area contributed by atoms with Crippen molar-refractivity contribution in [3.63, 3.8) is 0 Å². The van der Waals surface area contributed by atoms with Crippen molar-refractivity contribution in [2.75, 3.05) is 6.54 Å². The molecule has 30 heavy (non-hydrogen) atoms. The van der Waals surface area contributed by atoms with Gasteiger partial charge in [0.2, 0.25) is 5.91 Å². The normalized spacial score (nSPS) is 10.5. The Morgan fingerprint density at radius 1 is 1.00 bits per heavy atom. The molecule has 3 aromatic rings. The minimum absolute atomic E-state index is 0.218. The van der Waals surface area contributed by atoms with Gasteiger partial charge in [-0.05, 0) is 48.9 Å². The number of aromatic nitrogens is 2. The molecule has 4 N–H and O–H groups in total. The predicted molar refractivity (Wildman–Crippen MR) is 115 cm³/mol. The van der Waals surface area contributed by atoms with Crippen molar-refractivity contribution in [1.82, 2.24) is 20.4 Å². The minimum Gasteiger partial charge on any atom is -0.368 e. The van der Waals surface area contributed by atoms with Crippen LogP contribution in [0.3, 0.4) is 0 Å². The van der Waals surface area contributed by atoms with E-state index in [0.29, 0.717) is 17.7 Å². The number of benzene rings is 2. The number of nitrogens with one attached hydrogen (secondary N) is 2. The zero-order valence-electron chi connectivity index (χ0n) is 16.2. The van der Waals surface area contributed by atoms with Crippen LogP contribution >= 0.6 is 15.9 Å². The van der Waals surface area contributed by atoms with Crippen LogP contribution in [-0.4, -0.2) is 34.0 Å². The molecule has 0 aliphatic rings. The van der Waals surface area contributed by atoms with E-state index in [2.05, 4.69) is 31.7 Å². The molecule has 9 heteroatoms. The highest BCUT2D eigenvalue weighted by Gasteiger charge is 2.15. The monoisotopic (exact) mass is 469 g/mol. The van der Waals surface area contributed by atoms with E-state index in [1.807, 2.05) is 31.2 Å². The predicted octanol–water partition coefficient (Wildman–Crippen LogP) is 2.09. The molecule has 0 unspecified atom stereocenters. The molecule has 3 rings (SSSR count). The number of hydrogen-bond donors (Lipinski definition) is 3. The van der Waals surface area contributed by atoms with Gasteiger partial charge in [0, 0.05) is 16.6 Å². The highest BCUT2D eigenvalue weighted by Crippen LogP contribution is 2.17. The van der Waals surface area contributed by atoms with Crippen LogP contribution in [0.4, 0.5) is 0 Å². The van der Waals surface area contributed by atoms with Gasteiger partial charge in [-0.3, -0.25) is 14.4 Å². The molecule has 3 amide bonds. The lowest BCUT2D eigenvalue weighted by molar-refractivity contribution is -0.117. The van der Waals surface area contributed by atoms with Crippen LogP contribution in [0, 0.1) is 6.92 Å². The van der Waals surface area contributed by atoms with Crippen LogP contribution < -0.4 is 16.4 Å². The number of carbonyl (C=O) groups is 3. The average Bonchev–Trinajstić information content (AvgIpc) is 3.12. The highest BCUT2D eigenvalue weighted by atomic mass is 79.9. The van der Waals surface area contributed by atoms with Crippen molar-refractivity contribution in [2.24, 2.45) is 5.73 Å². The Hall–Kier alpha value is -3.46. The Labute approximate surface area is 181 Å². The number of primary amides is 1. The van der Waals surface area contributed by atoms with E-state index in [1.165, 1.54) is 0 Å². The first kappa shape index (κ1) is 21.3. The fraction of sp³-hybridized carbons (Fsp3) is 0.143. The molecule has 0 fully saturated rings. The van der Waals surface area contributed by atoms with Gasteiger partial charge in [-0.25, -0.2) is 4.68 Å². The summed E-state index contributed by atoms with van der Waals surface area (Å²) >= 11 is 3.40. The molecule has 0 atom stereocenters. The maximum Gasteiger partial charge on any atom is 0.255 e. The van der Waals surface area contributed by atoms with Crippen LogP contribution in [0.25, 0.3) is 5.69 Å². The Bertz CT molecular complexity index is 1080. The summed E-state index contributed by atoms with van der Waals surface area (Å²) in [6.45, 7) is 1.91. The largest absolute Gasteiger partial charge is 0.368 e. The van der Waals surface area contributed by atoms with Gasteiger partial charge in [0.25, 0.3) is 11.8 Å².